The topological polar surface area (TPSA) is 231 Å². The van der Waals surface area contributed by atoms with Crippen LogP contribution in [-0.4, -0.2) is 70.5 Å². The number of carboxylic acid groups (broad SMARTS) is 2. The van der Waals surface area contributed by atoms with Gasteiger partial charge in [-0.05, 0) is 5.92 Å². The number of hydrogen-bond donors (Lipinski definition) is 7. The Morgan fingerprint density at radius 3 is 1.83 bits per heavy atom. The molecule has 0 rings (SSSR count). The van der Waals surface area contributed by atoms with Gasteiger partial charge in [0.1, 0.15) is 18.1 Å². The fraction of sp³-hybridized carbons (Fsp3) is 0.625. The largest absolute Gasteiger partial charge is 0.481 e. The van der Waals surface area contributed by atoms with Crippen LogP contribution in [0.1, 0.15) is 33.1 Å². The molecule has 0 aliphatic carbocycles. The minimum Gasteiger partial charge on any atom is -0.481 e. The van der Waals surface area contributed by atoms with E-state index in [1.165, 1.54) is 0 Å². The molecule has 0 aliphatic rings. The zero-order valence-corrected chi connectivity index (χ0v) is 16.1. The van der Waals surface area contributed by atoms with E-state index < -0.39 is 79.0 Å². The number of nitrogens with two attached hydrogens (primary N) is 2. The van der Waals surface area contributed by atoms with Gasteiger partial charge >= 0.3 is 11.9 Å². The number of carboxylic acids is 2. The van der Waals surface area contributed by atoms with Gasteiger partial charge in [-0.1, -0.05) is 20.3 Å². The minimum atomic E-state index is -1.66. The van der Waals surface area contributed by atoms with Crippen LogP contribution >= 0.6 is 0 Å². The summed E-state index contributed by atoms with van der Waals surface area (Å²) >= 11 is 0. The number of nitrogens with one attached hydrogen (secondary N) is 3. The molecule has 0 fully saturated rings. The lowest BCUT2D eigenvalue weighted by Gasteiger charge is -2.25. The highest BCUT2D eigenvalue weighted by molar-refractivity contribution is 5.96. The van der Waals surface area contributed by atoms with Gasteiger partial charge in [0.25, 0.3) is 0 Å². The Morgan fingerprint density at radius 1 is 0.897 bits per heavy atom. The van der Waals surface area contributed by atoms with Crippen molar-refractivity contribution in [2.75, 3.05) is 6.54 Å². The van der Waals surface area contributed by atoms with Gasteiger partial charge in [-0.3, -0.25) is 24.0 Å². The first-order valence-corrected chi connectivity index (χ1v) is 8.75. The molecule has 13 nitrogen and oxygen atoms in total. The van der Waals surface area contributed by atoms with Crippen molar-refractivity contribution < 1.29 is 39.0 Å². The molecule has 9 N–H and O–H groups in total. The lowest BCUT2D eigenvalue weighted by molar-refractivity contribution is -0.145. The first-order valence-electron chi connectivity index (χ1n) is 8.75. The summed E-state index contributed by atoms with van der Waals surface area (Å²) in [5, 5.41) is 24.7. The average molecular weight is 417 g/mol. The molecule has 0 saturated carbocycles. The molecule has 4 unspecified atom stereocenters. The van der Waals surface area contributed by atoms with E-state index in [2.05, 4.69) is 16.0 Å². The summed E-state index contributed by atoms with van der Waals surface area (Å²) < 4.78 is 0. The van der Waals surface area contributed by atoms with E-state index in [1.807, 2.05) is 0 Å². The smallest absolute Gasteiger partial charge is 0.326 e. The minimum absolute atomic E-state index is 0.416. The summed E-state index contributed by atoms with van der Waals surface area (Å²) in [6, 6.07) is -4.45. The predicted octanol–water partition coefficient (Wildman–Crippen LogP) is -3.12. The quantitative estimate of drug-likeness (QED) is 0.160. The Balaban J connectivity index is 5.47. The second-order valence-electron chi connectivity index (χ2n) is 6.36. The number of carbonyl (C=O) groups is 6. The van der Waals surface area contributed by atoms with Crippen molar-refractivity contribution in [3.8, 4) is 0 Å². The maximum Gasteiger partial charge on any atom is 0.326 e. The van der Waals surface area contributed by atoms with Crippen LogP contribution in [0.5, 0.6) is 0 Å². The van der Waals surface area contributed by atoms with Crippen LogP contribution in [0.2, 0.25) is 0 Å². The van der Waals surface area contributed by atoms with Gasteiger partial charge in [0, 0.05) is 0 Å². The Bertz CT molecular complexity index is 653. The molecule has 29 heavy (non-hydrogen) atoms. The zero-order chi connectivity index (χ0) is 22.7. The number of aliphatic carboxylic acids is 2. The molecule has 0 radical (unpaired) electrons. The molecule has 13 heteroatoms. The molecule has 4 atom stereocenters. The first-order chi connectivity index (χ1) is 13.4. The molecule has 0 heterocycles. The number of rotatable bonds is 13. The zero-order valence-electron chi connectivity index (χ0n) is 16.1. The number of primary amides is 1. The molecule has 0 spiro atoms. The summed E-state index contributed by atoms with van der Waals surface area (Å²) in [6.45, 7) is 2.80. The standard InChI is InChI=1S/C16H27N5O8/c1-3-7(2)13(16(28)29)21-15(27)9(5-12(24)25)20-14(26)8(4-10(18)22)19-11(23)6-17/h7-9,13H,3-6,17H2,1-2H3,(H2,18,22)(H,19,23)(H,20,26)(H,21,27)(H,24,25)(H,28,29). The van der Waals surface area contributed by atoms with Gasteiger partial charge in [-0.15, -0.1) is 0 Å². The molecular weight excluding hydrogens is 390 g/mol. The van der Waals surface area contributed by atoms with Crippen LogP contribution in [0.25, 0.3) is 0 Å². The van der Waals surface area contributed by atoms with Crippen LogP contribution in [-0.2, 0) is 28.8 Å². The molecule has 0 saturated heterocycles. The molecule has 0 bridgehead atoms. The van der Waals surface area contributed by atoms with Crippen molar-refractivity contribution in [1.29, 1.82) is 0 Å². The van der Waals surface area contributed by atoms with Gasteiger partial charge in [-0.2, -0.15) is 0 Å². The van der Waals surface area contributed by atoms with Crippen molar-refractivity contribution in [1.82, 2.24) is 16.0 Å². The molecule has 0 aliphatic heterocycles. The normalized spacial score (nSPS) is 14.6. The molecule has 4 amide bonds. The van der Waals surface area contributed by atoms with Gasteiger partial charge in [-0.25, -0.2) is 4.79 Å². The van der Waals surface area contributed by atoms with Crippen LogP contribution in [0.4, 0.5) is 0 Å². The summed E-state index contributed by atoms with van der Waals surface area (Å²) in [4.78, 5) is 69.8. The van der Waals surface area contributed by atoms with Gasteiger partial charge in [0.05, 0.1) is 19.4 Å². The van der Waals surface area contributed by atoms with Crippen LogP contribution in [0.15, 0.2) is 0 Å². The van der Waals surface area contributed by atoms with Crippen molar-refractivity contribution in [3.63, 3.8) is 0 Å². The summed E-state index contributed by atoms with van der Waals surface area (Å²) in [5.74, 6) is -7.06. The van der Waals surface area contributed by atoms with E-state index in [4.69, 9.17) is 16.6 Å². The third-order valence-electron chi connectivity index (χ3n) is 4.03. The van der Waals surface area contributed by atoms with Crippen molar-refractivity contribution in [2.45, 2.75) is 51.2 Å². The third-order valence-corrected chi connectivity index (χ3v) is 4.03. The molecule has 0 aromatic carbocycles. The summed E-state index contributed by atoms with van der Waals surface area (Å²) in [7, 11) is 0. The fourth-order valence-electron chi connectivity index (χ4n) is 2.26. The van der Waals surface area contributed by atoms with Gasteiger partial charge < -0.3 is 37.6 Å². The Labute approximate surface area is 166 Å². The Hall–Kier alpha value is -3.22. The fourth-order valence-corrected chi connectivity index (χ4v) is 2.26. The second kappa shape index (κ2) is 12.3. The van der Waals surface area contributed by atoms with E-state index in [1.54, 1.807) is 13.8 Å². The molecule has 0 aromatic rings. The molecular formula is C16H27N5O8. The van der Waals surface area contributed by atoms with Gasteiger partial charge in [0.2, 0.25) is 23.6 Å². The lowest BCUT2D eigenvalue weighted by atomic mass is 9.98. The highest BCUT2D eigenvalue weighted by atomic mass is 16.4. The SMILES string of the molecule is CCC(C)C(NC(=O)C(CC(=O)O)NC(=O)C(CC(N)=O)NC(=O)CN)C(=O)O. The molecule has 0 aromatic heterocycles. The van der Waals surface area contributed by atoms with Crippen LogP contribution < -0.4 is 27.4 Å². The molecule has 164 valence electrons. The van der Waals surface area contributed by atoms with E-state index in [-0.39, 0.29) is 0 Å². The Morgan fingerprint density at radius 2 is 1.41 bits per heavy atom. The van der Waals surface area contributed by atoms with Gasteiger partial charge in [0.15, 0.2) is 0 Å². The maximum atomic E-state index is 12.4. The van der Waals surface area contributed by atoms with E-state index in [0.29, 0.717) is 6.42 Å². The predicted molar refractivity (Wildman–Crippen MR) is 98.0 cm³/mol. The maximum absolute atomic E-state index is 12.4. The van der Waals surface area contributed by atoms with Crippen LogP contribution in [0.3, 0.4) is 0 Å². The van der Waals surface area contributed by atoms with E-state index in [0.717, 1.165) is 0 Å². The highest BCUT2D eigenvalue weighted by Gasteiger charge is 2.32. The first kappa shape index (κ1) is 25.8. The van der Waals surface area contributed by atoms with E-state index in [9.17, 15) is 33.9 Å². The second-order valence-corrected chi connectivity index (χ2v) is 6.36. The monoisotopic (exact) mass is 417 g/mol. The van der Waals surface area contributed by atoms with Crippen LogP contribution in [0, 0.1) is 5.92 Å². The van der Waals surface area contributed by atoms with Crippen molar-refractivity contribution in [3.05, 3.63) is 0 Å². The Kier molecular flexibility index (Phi) is 10.9. The highest BCUT2D eigenvalue weighted by Crippen LogP contribution is 2.09. The number of amides is 4. The van der Waals surface area contributed by atoms with Crippen molar-refractivity contribution >= 4 is 35.6 Å². The lowest BCUT2D eigenvalue weighted by Crippen LogP contribution is -2.57. The number of hydrogen-bond acceptors (Lipinski definition) is 7. The third kappa shape index (κ3) is 9.51. The summed E-state index contributed by atoms with van der Waals surface area (Å²) in [6.07, 6.45) is -1.07. The number of carbonyl (C=O) groups excluding carboxylic acids is 4. The van der Waals surface area contributed by atoms with E-state index >= 15 is 0 Å². The van der Waals surface area contributed by atoms with Crippen molar-refractivity contribution in [2.24, 2.45) is 17.4 Å². The summed E-state index contributed by atoms with van der Waals surface area (Å²) in [5.41, 5.74) is 10.2. The average Bonchev–Trinajstić information content (AvgIpc) is 2.62.